The predicted octanol–water partition coefficient (Wildman–Crippen LogP) is 5.08. The lowest BCUT2D eigenvalue weighted by Gasteiger charge is -2.04. The molecule has 0 saturated carbocycles. The van der Waals surface area contributed by atoms with E-state index in [4.69, 9.17) is 9.15 Å². The van der Waals surface area contributed by atoms with Gasteiger partial charge in [0.1, 0.15) is 12.1 Å². The number of nitrogens with one attached hydrogen (secondary N) is 1. The van der Waals surface area contributed by atoms with Crippen molar-refractivity contribution in [2.24, 2.45) is 5.10 Å². The third-order valence-electron chi connectivity index (χ3n) is 4.55. The maximum Gasteiger partial charge on any atom is 0.325 e. The first kappa shape index (κ1) is 21.6. The zero-order valence-electron chi connectivity index (χ0n) is 16.4. The number of rotatable bonds is 6. The molecule has 0 aliphatic rings. The third-order valence-corrected chi connectivity index (χ3v) is 5.81. The van der Waals surface area contributed by atoms with Crippen LogP contribution < -0.4 is 5.43 Å². The first-order chi connectivity index (χ1) is 15.0. The summed E-state index contributed by atoms with van der Waals surface area (Å²) in [4.78, 5) is 24.4. The number of fused-ring (bicyclic) bond motifs is 2. The Hall–Kier alpha value is -2.66. The van der Waals surface area contributed by atoms with Crippen molar-refractivity contribution >= 4 is 78.5 Å². The number of aromatic nitrogens is 1. The van der Waals surface area contributed by atoms with Gasteiger partial charge in [0.05, 0.1) is 16.4 Å². The summed E-state index contributed by atoms with van der Waals surface area (Å²) in [6.45, 7) is 2.20. The van der Waals surface area contributed by atoms with Crippen LogP contribution in [0.4, 0.5) is 0 Å². The summed E-state index contributed by atoms with van der Waals surface area (Å²) in [5.41, 5.74) is 4.79. The van der Waals surface area contributed by atoms with Gasteiger partial charge >= 0.3 is 11.9 Å². The highest BCUT2D eigenvalue weighted by molar-refractivity contribution is 14.1. The Bertz CT molecular complexity index is 1330. The molecule has 9 heteroatoms. The zero-order valence-corrected chi connectivity index (χ0v) is 20.1. The number of carbonyl (C=O) groups excluding carboxylic acids is 2. The Morgan fingerprint density at radius 2 is 2.10 bits per heavy atom. The molecule has 0 unspecified atom stereocenters. The van der Waals surface area contributed by atoms with E-state index in [-0.39, 0.29) is 18.3 Å². The van der Waals surface area contributed by atoms with Crippen LogP contribution in [-0.2, 0) is 16.1 Å². The molecular weight excluding hydrogens is 577 g/mol. The Morgan fingerprint density at radius 3 is 2.90 bits per heavy atom. The largest absolute Gasteiger partial charge is 0.465 e. The van der Waals surface area contributed by atoms with Gasteiger partial charge in [-0.2, -0.15) is 5.10 Å². The molecule has 31 heavy (non-hydrogen) atoms. The van der Waals surface area contributed by atoms with Gasteiger partial charge in [-0.05, 0) is 53.8 Å². The van der Waals surface area contributed by atoms with Crippen molar-refractivity contribution in [3.8, 4) is 0 Å². The van der Waals surface area contributed by atoms with Crippen molar-refractivity contribution in [2.45, 2.75) is 13.5 Å². The molecular formula is C22H17BrIN3O4. The fourth-order valence-electron chi connectivity index (χ4n) is 3.26. The molecule has 0 saturated heterocycles. The van der Waals surface area contributed by atoms with Crippen LogP contribution in [0.15, 0.2) is 62.7 Å². The fraction of sp³-hybridized carbons (Fsp3) is 0.136. The van der Waals surface area contributed by atoms with Crippen LogP contribution in [0.1, 0.15) is 23.0 Å². The molecule has 2 heterocycles. The first-order valence-electron chi connectivity index (χ1n) is 9.41. The van der Waals surface area contributed by atoms with Gasteiger partial charge in [0.25, 0.3) is 0 Å². The van der Waals surface area contributed by atoms with Crippen molar-refractivity contribution in [2.75, 3.05) is 6.61 Å². The molecule has 0 fully saturated rings. The van der Waals surface area contributed by atoms with E-state index in [2.05, 4.69) is 49.0 Å². The summed E-state index contributed by atoms with van der Waals surface area (Å²) in [7, 11) is 0. The van der Waals surface area contributed by atoms with Crippen LogP contribution in [0.3, 0.4) is 0 Å². The number of amides is 1. The van der Waals surface area contributed by atoms with Gasteiger partial charge in [-0.15, -0.1) is 0 Å². The minimum absolute atomic E-state index is 0.0989. The van der Waals surface area contributed by atoms with E-state index in [0.29, 0.717) is 12.2 Å². The number of esters is 1. The Labute approximate surface area is 199 Å². The summed E-state index contributed by atoms with van der Waals surface area (Å²) in [6, 6.07) is 13.1. The second-order valence-electron chi connectivity index (χ2n) is 6.65. The highest BCUT2D eigenvalue weighted by atomic mass is 127. The van der Waals surface area contributed by atoms with Crippen molar-refractivity contribution in [3.05, 3.63) is 68.0 Å². The molecule has 0 spiro atoms. The number of nitrogens with zero attached hydrogens (tertiary/aromatic N) is 2. The number of halogens is 2. The molecule has 1 amide bonds. The molecule has 2 aromatic carbocycles. The number of hydrazone groups is 1. The van der Waals surface area contributed by atoms with Gasteiger partial charge in [-0.1, -0.05) is 34.1 Å². The molecule has 0 bridgehead atoms. The lowest BCUT2D eigenvalue weighted by atomic mass is 10.2. The summed E-state index contributed by atoms with van der Waals surface area (Å²) in [5.74, 6) is -0.589. The smallest absolute Gasteiger partial charge is 0.325 e. The summed E-state index contributed by atoms with van der Waals surface area (Å²) in [6.07, 6.45) is 3.35. The molecule has 0 aliphatic heterocycles. The highest BCUT2D eigenvalue weighted by Gasteiger charge is 2.15. The zero-order chi connectivity index (χ0) is 22.0. The van der Waals surface area contributed by atoms with Crippen LogP contribution in [0.25, 0.3) is 21.9 Å². The number of ether oxygens (including phenoxy) is 1. The summed E-state index contributed by atoms with van der Waals surface area (Å²) >= 11 is 5.60. The molecule has 4 rings (SSSR count). The van der Waals surface area contributed by atoms with E-state index >= 15 is 0 Å². The van der Waals surface area contributed by atoms with Gasteiger partial charge in [0, 0.05) is 32.5 Å². The van der Waals surface area contributed by atoms with Gasteiger partial charge in [-0.3, -0.25) is 9.59 Å². The maximum absolute atomic E-state index is 12.5. The molecule has 4 aromatic rings. The molecule has 2 aromatic heterocycles. The SMILES string of the molecule is CCOC(=O)Cn1cc(/C=N\NC(=O)c2cc3cc(Br)cc(I)c3o2)c2ccccc21. The summed E-state index contributed by atoms with van der Waals surface area (Å²) < 4.78 is 14.3. The van der Waals surface area contributed by atoms with E-state index in [9.17, 15) is 9.59 Å². The van der Waals surface area contributed by atoms with E-state index in [1.54, 1.807) is 30.0 Å². The Balaban J connectivity index is 1.54. The lowest BCUT2D eigenvalue weighted by molar-refractivity contribution is -0.143. The molecule has 0 atom stereocenters. The van der Waals surface area contributed by atoms with Crippen LogP contribution in [-0.4, -0.2) is 29.3 Å². The van der Waals surface area contributed by atoms with Crippen molar-refractivity contribution in [1.29, 1.82) is 0 Å². The quantitative estimate of drug-likeness (QED) is 0.146. The average molecular weight is 594 g/mol. The van der Waals surface area contributed by atoms with Gasteiger partial charge in [0.2, 0.25) is 0 Å². The van der Waals surface area contributed by atoms with E-state index in [0.717, 1.165) is 29.9 Å². The van der Waals surface area contributed by atoms with E-state index < -0.39 is 5.91 Å². The summed E-state index contributed by atoms with van der Waals surface area (Å²) in [5, 5.41) is 5.82. The van der Waals surface area contributed by atoms with Crippen LogP contribution in [0.5, 0.6) is 0 Å². The number of para-hydroxylation sites is 1. The molecule has 0 aliphatic carbocycles. The monoisotopic (exact) mass is 593 g/mol. The minimum atomic E-state index is -0.449. The molecule has 1 N–H and O–H groups in total. The second kappa shape index (κ2) is 9.23. The van der Waals surface area contributed by atoms with Crippen LogP contribution in [0, 0.1) is 3.57 Å². The second-order valence-corrected chi connectivity index (χ2v) is 8.73. The van der Waals surface area contributed by atoms with Crippen molar-refractivity contribution < 1.29 is 18.7 Å². The lowest BCUT2D eigenvalue weighted by Crippen LogP contribution is -2.16. The number of hydrogen-bond donors (Lipinski definition) is 1. The Kier molecular flexibility index (Phi) is 6.42. The fourth-order valence-corrected chi connectivity index (χ4v) is 4.92. The van der Waals surface area contributed by atoms with E-state index in [1.807, 2.05) is 36.4 Å². The molecule has 7 nitrogen and oxygen atoms in total. The maximum atomic E-state index is 12.5. The van der Waals surface area contributed by atoms with E-state index in [1.165, 1.54) is 0 Å². The first-order valence-corrected chi connectivity index (χ1v) is 11.3. The topological polar surface area (TPSA) is 85.8 Å². The molecule has 0 radical (unpaired) electrons. The van der Waals surface area contributed by atoms with Gasteiger partial charge in [0.15, 0.2) is 5.76 Å². The number of benzene rings is 2. The van der Waals surface area contributed by atoms with Crippen molar-refractivity contribution in [3.63, 3.8) is 0 Å². The predicted molar refractivity (Wildman–Crippen MR) is 130 cm³/mol. The average Bonchev–Trinajstić information content (AvgIpc) is 3.31. The number of hydrogen-bond acceptors (Lipinski definition) is 5. The number of furan rings is 1. The molecule has 158 valence electrons. The normalized spacial score (nSPS) is 11.5. The van der Waals surface area contributed by atoms with Crippen LogP contribution in [0.2, 0.25) is 0 Å². The minimum Gasteiger partial charge on any atom is -0.465 e. The number of carbonyl (C=O) groups is 2. The Morgan fingerprint density at radius 1 is 1.29 bits per heavy atom. The van der Waals surface area contributed by atoms with Crippen molar-refractivity contribution in [1.82, 2.24) is 9.99 Å². The standard InChI is InChI=1S/C22H17BrIN3O4/c1-2-30-20(28)12-27-11-14(16-5-3-4-6-18(16)27)10-25-26-22(29)19-8-13-7-15(23)9-17(24)21(13)31-19/h3-11H,2,12H2,1H3,(H,26,29)/b25-10-. The third kappa shape index (κ3) is 4.67. The van der Waals surface area contributed by atoms with Crippen LogP contribution >= 0.6 is 38.5 Å². The van der Waals surface area contributed by atoms with Gasteiger partial charge in [-0.25, -0.2) is 5.43 Å². The van der Waals surface area contributed by atoms with Gasteiger partial charge < -0.3 is 13.7 Å². The highest BCUT2D eigenvalue weighted by Crippen LogP contribution is 2.28.